The normalized spacial score (nSPS) is 15.3. The van der Waals surface area contributed by atoms with Gasteiger partial charge >= 0.3 is 0 Å². The second-order valence-electron chi connectivity index (χ2n) is 6.19. The third-order valence-corrected chi connectivity index (χ3v) is 4.67. The summed E-state index contributed by atoms with van der Waals surface area (Å²) in [5.74, 6) is 0.301. The van der Waals surface area contributed by atoms with E-state index in [4.69, 9.17) is 0 Å². The highest BCUT2D eigenvalue weighted by atomic mass is 32.2. The fourth-order valence-electron chi connectivity index (χ4n) is 2.28. The minimum Gasteiger partial charge on any atom is -0.389 e. The quantitative estimate of drug-likeness (QED) is 0.847. The zero-order chi connectivity index (χ0) is 15.6. The van der Waals surface area contributed by atoms with Gasteiger partial charge in [0, 0.05) is 6.54 Å². The number of hydrogen-bond acceptors (Lipinski definition) is 3. The van der Waals surface area contributed by atoms with Crippen molar-refractivity contribution in [1.82, 2.24) is 4.72 Å². The van der Waals surface area contributed by atoms with Gasteiger partial charge in [-0.15, -0.1) is 0 Å². The van der Waals surface area contributed by atoms with Crippen LogP contribution in [0.4, 0.5) is 0 Å². The van der Waals surface area contributed by atoms with Crippen LogP contribution >= 0.6 is 0 Å². The van der Waals surface area contributed by atoms with E-state index in [1.165, 1.54) is 0 Å². The van der Waals surface area contributed by atoms with Crippen LogP contribution in [0.25, 0.3) is 0 Å². The van der Waals surface area contributed by atoms with Crippen LogP contribution in [0.3, 0.4) is 0 Å². The van der Waals surface area contributed by atoms with Crippen LogP contribution in [0.2, 0.25) is 0 Å². The first-order valence-corrected chi connectivity index (χ1v) is 8.31. The maximum absolute atomic E-state index is 12.3. The molecule has 0 fully saturated rings. The fourth-order valence-corrected chi connectivity index (χ4v) is 3.77. The van der Waals surface area contributed by atoms with Crippen molar-refractivity contribution < 1.29 is 13.5 Å². The molecular formula is C15H25NO3S. The van der Waals surface area contributed by atoms with Gasteiger partial charge in [0.05, 0.1) is 10.5 Å². The van der Waals surface area contributed by atoms with Crippen LogP contribution in [0.1, 0.15) is 38.3 Å². The van der Waals surface area contributed by atoms with Crippen molar-refractivity contribution in [3.8, 4) is 0 Å². The Hall–Kier alpha value is -0.910. The highest BCUT2D eigenvalue weighted by Crippen LogP contribution is 2.19. The van der Waals surface area contributed by atoms with E-state index < -0.39 is 15.6 Å². The van der Waals surface area contributed by atoms with Gasteiger partial charge < -0.3 is 5.11 Å². The lowest BCUT2D eigenvalue weighted by atomic mass is 9.95. The minimum absolute atomic E-state index is 0.0148. The van der Waals surface area contributed by atoms with E-state index in [0.717, 1.165) is 5.56 Å². The number of sulfonamides is 1. The van der Waals surface area contributed by atoms with E-state index in [-0.39, 0.29) is 11.4 Å². The third-order valence-electron chi connectivity index (χ3n) is 3.12. The van der Waals surface area contributed by atoms with Crippen LogP contribution in [-0.2, 0) is 10.0 Å². The first kappa shape index (κ1) is 17.1. The number of benzene rings is 1. The summed E-state index contributed by atoms with van der Waals surface area (Å²) < 4.78 is 27.1. The van der Waals surface area contributed by atoms with Crippen molar-refractivity contribution in [2.24, 2.45) is 5.92 Å². The summed E-state index contributed by atoms with van der Waals surface area (Å²) in [5, 5.41) is 10.2. The summed E-state index contributed by atoms with van der Waals surface area (Å²) in [6.07, 6.45) is 0.544. The van der Waals surface area contributed by atoms with E-state index >= 15 is 0 Å². The van der Waals surface area contributed by atoms with Crippen LogP contribution < -0.4 is 4.72 Å². The van der Waals surface area contributed by atoms with E-state index in [9.17, 15) is 13.5 Å². The van der Waals surface area contributed by atoms with Gasteiger partial charge in [-0.05, 0) is 50.3 Å². The molecule has 0 spiro atoms. The van der Waals surface area contributed by atoms with E-state index in [0.29, 0.717) is 17.9 Å². The molecule has 1 aromatic carbocycles. The Kier molecular flexibility index (Phi) is 5.35. The highest BCUT2D eigenvalue weighted by Gasteiger charge is 2.25. The minimum atomic E-state index is -3.59. The molecule has 0 heterocycles. The van der Waals surface area contributed by atoms with Gasteiger partial charge in [-0.1, -0.05) is 26.0 Å². The summed E-state index contributed by atoms with van der Waals surface area (Å²) in [6, 6.07) is 5.31. The fraction of sp³-hybridized carbons (Fsp3) is 0.600. The summed E-state index contributed by atoms with van der Waals surface area (Å²) >= 11 is 0. The molecule has 0 saturated carbocycles. The molecule has 0 saturated heterocycles. The number of rotatable bonds is 6. The summed E-state index contributed by atoms with van der Waals surface area (Å²) in [5.41, 5.74) is 0.551. The molecule has 0 bridgehead atoms. The molecule has 0 aliphatic carbocycles. The van der Waals surface area contributed by atoms with Crippen molar-refractivity contribution in [3.05, 3.63) is 29.3 Å². The average molecular weight is 299 g/mol. The monoisotopic (exact) mass is 299 g/mol. The maximum atomic E-state index is 12.3. The molecule has 2 N–H and O–H groups in total. The van der Waals surface area contributed by atoms with Crippen molar-refractivity contribution in [1.29, 1.82) is 0 Å². The highest BCUT2D eigenvalue weighted by molar-refractivity contribution is 7.89. The molecule has 1 rings (SSSR count). The molecule has 1 atom stereocenters. The number of aryl methyl sites for hydroxylation is 2. The van der Waals surface area contributed by atoms with E-state index in [1.54, 1.807) is 26.0 Å². The predicted molar refractivity (Wildman–Crippen MR) is 81.2 cm³/mol. The zero-order valence-corrected chi connectivity index (χ0v) is 13.7. The van der Waals surface area contributed by atoms with Crippen molar-refractivity contribution in [2.75, 3.05) is 6.54 Å². The smallest absolute Gasteiger partial charge is 0.240 e. The van der Waals surface area contributed by atoms with Gasteiger partial charge in [-0.25, -0.2) is 13.1 Å². The summed E-state index contributed by atoms with van der Waals surface area (Å²) in [6.45, 7) is 9.27. The van der Waals surface area contributed by atoms with Gasteiger partial charge in [0.2, 0.25) is 10.0 Å². The Balaban J connectivity index is 2.88. The molecule has 20 heavy (non-hydrogen) atoms. The molecule has 0 aromatic heterocycles. The SMILES string of the molecule is Cc1ccc(C)c(S(=O)(=O)NCC(C)(O)CC(C)C)c1. The average Bonchev–Trinajstić information content (AvgIpc) is 2.28. The van der Waals surface area contributed by atoms with Gasteiger partial charge in [-0.3, -0.25) is 0 Å². The molecule has 0 radical (unpaired) electrons. The number of aliphatic hydroxyl groups is 1. The Morgan fingerprint density at radius 2 is 1.90 bits per heavy atom. The third kappa shape index (κ3) is 4.89. The Morgan fingerprint density at radius 1 is 1.30 bits per heavy atom. The van der Waals surface area contributed by atoms with Crippen LogP contribution in [0, 0.1) is 19.8 Å². The number of nitrogens with one attached hydrogen (secondary N) is 1. The topological polar surface area (TPSA) is 66.4 Å². The Morgan fingerprint density at radius 3 is 2.45 bits per heavy atom. The molecule has 4 nitrogen and oxygen atoms in total. The lowest BCUT2D eigenvalue weighted by molar-refractivity contribution is 0.0436. The first-order valence-electron chi connectivity index (χ1n) is 6.83. The first-order chi connectivity index (χ1) is 9.03. The zero-order valence-electron chi connectivity index (χ0n) is 12.9. The lowest BCUT2D eigenvalue weighted by Crippen LogP contribution is -2.41. The van der Waals surface area contributed by atoms with Crippen LogP contribution in [-0.4, -0.2) is 25.7 Å². The molecule has 1 unspecified atom stereocenters. The van der Waals surface area contributed by atoms with Crippen LogP contribution in [0.15, 0.2) is 23.1 Å². The van der Waals surface area contributed by atoms with Crippen molar-refractivity contribution in [2.45, 2.75) is 51.5 Å². The predicted octanol–water partition coefficient (Wildman–Crippen LogP) is 2.38. The molecular weight excluding hydrogens is 274 g/mol. The summed E-state index contributed by atoms with van der Waals surface area (Å²) in [4.78, 5) is 0.276. The second kappa shape index (κ2) is 6.24. The van der Waals surface area contributed by atoms with E-state index in [1.807, 2.05) is 26.8 Å². The number of hydrogen-bond donors (Lipinski definition) is 2. The van der Waals surface area contributed by atoms with Crippen molar-refractivity contribution >= 4 is 10.0 Å². The molecule has 1 aromatic rings. The molecule has 114 valence electrons. The molecule has 0 aliphatic heterocycles. The van der Waals surface area contributed by atoms with Crippen LogP contribution in [0.5, 0.6) is 0 Å². The molecule has 0 amide bonds. The Labute approximate surface area is 122 Å². The van der Waals surface area contributed by atoms with Crippen molar-refractivity contribution in [3.63, 3.8) is 0 Å². The Bertz CT molecular complexity index is 562. The lowest BCUT2D eigenvalue weighted by Gasteiger charge is -2.25. The van der Waals surface area contributed by atoms with E-state index in [2.05, 4.69) is 4.72 Å². The largest absolute Gasteiger partial charge is 0.389 e. The molecule has 0 aliphatic rings. The maximum Gasteiger partial charge on any atom is 0.240 e. The second-order valence-corrected chi connectivity index (χ2v) is 7.92. The van der Waals surface area contributed by atoms with Gasteiger partial charge in [0.25, 0.3) is 0 Å². The summed E-state index contributed by atoms with van der Waals surface area (Å²) in [7, 11) is -3.59. The standard InChI is InChI=1S/C15H25NO3S/c1-11(2)9-15(5,17)10-16-20(18,19)14-8-12(3)6-7-13(14)4/h6-8,11,16-17H,9-10H2,1-5H3. The van der Waals surface area contributed by atoms with Gasteiger partial charge in [0.1, 0.15) is 0 Å². The molecule has 5 heteroatoms. The van der Waals surface area contributed by atoms with Gasteiger partial charge in [0.15, 0.2) is 0 Å². The van der Waals surface area contributed by atoms with Gasteiger partial charge in [-0.2, -0.15) is 0 Å².